The predicted molar refractivity (Wildman–Crippen MR) is 82.6 cm³/mol. The summed E-state index contributed by atoms with van der Waals surface area (Å²) in [6.07, 6.45) is -1.46. The van der Waals surface area contributed by atoms with Gasteiger partial charge in [0, 0.05) is 6.20 Å². The molecule has 2 N–H and O–H groups in total. The minimum Gasteiger partial charge on any atom is -0.331 e. The van der Waals surface area contributed by atoms with Gasteiger partial charge < -0.3 is 5.32 Å². The number of hydrogen-bond acceptors (Lipinski definition) is 3. The van der Waals surface area contributed by atoms with E-state index in [9.17, 15) is 13.2 Å². The molecule has 2 rings (SSSR count). The second-order valence-corrected chi connectivity index (χ2v) is 4.53. The van der Waals surface area contributed by atoms with Gasteiger partial charge in [0.1, 0.15) is 0 Å². The Labute approximate surface area is 130 Å². The normalized spacial score (nSPS) is 11.4. The second kappa shape index (κ2) is 6.99. The standard InChI is InChI=1S/C14H11F3N4S/c15-14(16,17)11-6-1-2-7-12(11)20-13(22)21-19-9-10-5-3-4-8-18-10/h1-9H,(H2,20,21,22)/b19-9-. The molecule has 8 heteroatoms. The first-order valence-electron chi connectivity index (χ1n) is 6.14. The summed E-state index contributed by atoms with van der Waals surface area (Å²) in [4.78, 5) is 4.00. The summed E-state index contributed by atoms with van der Waals surface area (Å²) in [5, 5.41) is 6.22. The van der Waals surface area contributed by atoms with E-state index in [1.165, 1.54) is 24.4 Å². The summed E-state index contributed by atoms with van der Waals surface area (Å²) in [6, 6.07) is 10.3. The number of anilines is 1. The highest BCUT2D eigenvalue weighted by molar-refractivity contribution is 7.80. The monoisotopic (exact) mass is 324 g/mol. The molecule has 114 valence electrons. The lowest BCUT2D eigenvalue weighted by molar-refractivity contribution is -0.136. The van der Waals surface area contributed by atoms with Gasteiger partial charge in [0.2, 0.25) is 0 Å². The number of para-hydroxylation sites is 1. The number of benzene rings is 1. The van der Waals surface area contributed by atoms with E-state index in [1.54, 1.807) is 24.4 Å². The lowest BCUT2D eigenvalue weighted by Gasteiger charge is -2.14. The van der Waals surface area contributed by atoms with Crippen molar-refractivity contribution in [2.45, 2.75) is 6.18 Å². The van der Waals surface area contributed by atoms with Gasteiger partial charge in [0.05, 0.1) is 23.2 Å². The molecule has 22 heavy (non-hydrogen) atoms. The topological polar surface area (TPSA) is 49.3 Å². The van der Waals surface area contributed by atoms with E-state index in [0.29, 0.717) is 5.69 Å². The average molecular weight is 324 g/mol. The summed E-state index contributed by atoms with van der Waals surface area (Å²) >= 11 is 4.91. The van der Waals surface area contributed by atoms with Crippen LogP contribution in [0, 0.1) is 0 Å². The highest BCUT2D eigenvalue weighted by Gasteiger charge is 2.33. The molecule has 0 aliphatic rings. The van der Waals surface area contributed by atoms with E-state index in [1.807, 2.05) is 0 Å². The van der Waals surface area contributed by atoms with E-state index in [2.05, 4.69) is 20.8 Å². The lowest BCUT2D eigenvalue weighted by Crippen LogP contribution is -2.25. The zero-order chi connectivity index (χ0) is 16.0. The zero-order valence-corrected chi connectivity index (χ0v) is 11.9. The van der Waals surface area contributed by atoms with Crippen LogP contribution in [-0.4, -0.2) is 16.3 Å². The SMILES string of the molecule is FC(F)(F)c1ccccc1NC(=S)N/N=C\c1ccccn1. The van der Waals surface area contributed by atoms with Crippen LogP contribution >= 0.6 is 12.2 Å². The number of nitrogens with zero attached hydrogens (tertiary/aromatic N) is 2. The summed E-state index contributed by atoms with van der Waals surface area (Å²) < 4.78 is 38.5. The van der Waals surface area contributed by atoms with Crippen molar-refractivity contribution in [3.05, 3.63) is 59.9 Å². The Balaban J connectivity index is 2.00. The molecule has 0 fully saturated rings. The third-order valence-electron chi connectivity index (χ3n) is 2.53. The Bertz CT molecular complexity index is 671. The fourth-order valence-corrected chi connectivity index (χ4v) is 1.76. The van der Waals surface area contributed by atoms with Crippen LogP contribution in [0.25, 0.3) is 0 Å². The molecule has 0 amide bonds. The highest BCUT2D eigenvalue weighted by atomic mass is 32.1. The van der Waals surface area contributed by atoms with Crippen LogP contribution in [0.4, 0.5) is 18.9 Å². The highest BCUT2D eigenvalue weighted by Crippen LogP contribution is 2.34. The van der Waals surface area contributed by atoms with Crippen LogP contribution in [0.5, 0.6) is 0 Å². The molecule has 0 radical (unpaired) electrons. The van der Waals surface area contributed by atoms with Gasteiger partial charge in [-0.15, -0.1) is 0 Å². The van der Waals surface area contributed by atoms with Gasteiger partial charge in [-0.05, 0) is 36.5 Å². The summed E-state index contributed by atoms with van der Waals surface area (Å²) in [6.45, 7) is 0. The molecular formula is C14H11F3N4S. The quantitative estimate of drug-likeness (QED) is 0.516. The first kappa shape index (κ1) is 15.9. The minimum absolute atomic E-state index is 0.0520. The summed E-state index contributed by atoms with van der Waals surface area (Å²) in [5.41, 5.74) is 2.10. The smallest absolute Gasteiger partial charge is 0.331 e. The van der Waals surface area contributed by atoms with Crippen LogP contribution in [0.3, 0.4) is 0 Å². The Morgan fingerprint density at radius 2 is 1.86 bits per heavy atom. The molecule has 4 nitrogen and oxygen atoms in total. The first-order chi connectivity index (χ1) is 10.5. The number of alkyl halides is 3. The Hall–Kier alpha value is -2.48. The molecule has 0 aliphatic heterocycles. The van der Waals surface area contributed by atoms with Crippen LogP contribution in [0.15, 0.2) is 53.8 Å². The predicted octanol–water partition coefficient (Wildman–Crippen LogP) is 3.42. The van der Waals surface area contributed by atoms with Crippen LogP contribution in [0.1, 0.15) is 11.3 Å². The average Bonchev–Trinajstić information content (AvgIpc) is 2.48. The minimum atomic E-state index is -4.46. The van der Waals surface area contributed by atoms with E-state index in [-0.39, 0.29) is 10.8 Å². The number of aromatic nitrogens is 1. The summed E-state index contributed by atoms with van der Waals surface area (Å²) in [7, 11) is 0. The van der Waals surface area contributed by atoms with E-state index >= 15 is 0 Å². The fourth-order valence-electron chi connectivity index (χ4n) is 1.60. The Morgan fingerprint density at radius 1 is 1.14 bits per heavy atom. The third kappa shape index (κ3) is 4.52. The molecule has 0 unspecified atom stereocenters. The number of halogens is 3. The summed E-state index contributed by atoms with van der Waals surface area (Å²) in [5.74, 6) is 0. The van der Waals surface area contributed by atoms with Gasteiger partial charge in [-0.3, -0.25) is 10.4 Å². The number of rotatable bonds is 3. The van der Waals surface area contributed by atoms with E-state index in [4.69, 9.17) is 12.2 Å². The Kier molecular flexibility index (Phi) is 5.05. The maximum Gasteiger partial charge on any atom is 0.418 e. The van der Waals surface area contributed by atoms with Crippen molar-refractivity contribution >= 4 is 29.2 Å². The van der Waals surface area contributed by atoms with Crippen LogP contribution in [-0.2, 0) is 6.18 Å². The molecule has 1 heterocycles. The van der Waals surface area contributed by atoms with Gasteiger partial charge in [-0.1, -0.05) is 18.2 Å². The van der Waals surface area contributed by atoms with E-state index < -0.39 is 11.7 Å². The first-order valence-corrected chi connectivity index (χ1v) is 6.55. The van der Waals surface area contributed by atoms with Crippen molar-refractivity contribution in [2.24, 2.45) is 5.10 Å². The maximum atomic E-state index is 12.8. The van der Waals surface area contributed by atoms with Crippen molar-refractivity contribution in [1.82, 2.24) is 10.4 Å². The Morgan fingerprint density at radius 3 is 2.55 bits per heavy atom. The largest absolute Gasteiger partial charge is 0.418 e. The van der Waals surface area contributed by atoms with E-state index in [0.717, 1.165) is 6.07 Å². The molecule has 0 saturated carbocycles. The van der Waals surface area contributed by atoms with Gasteiger partial charge in [0.25, 0.3) is 0 Å². The number of nitrogens with one attached hydrogen (secondary N) is 2. The molecule has 0 atom stereocenters. The van der Waals surface area contributed by atoms with Gasteiger partial charge in [-0.25, -0.2) is 0 Å². The molecule has 2 aromatic rings. The third-order valence-corrected chi connectivity index (χ3v) is 2.72. The van der Waals surface area contributed by atoms with Gasteiger partial charge >= 0.3 is 6.18 Å². The van der Waals surface area contributed by atoms with Gasteiger partial charge in [-0.2, -0.15) is 18.3 Å². The van der Waals surface area contributed by atoms with Crippen molar-refractivity contribution in [2.75, 3.05) is 5.32 Å². The molecule has 1 aromatic carbocycles. The number of thiocarbonyl (C=S) groups is 1. The van der Waals surface area contributed by atoms with Crippen LogP contribution < -0.4 is 10.7 Å². The van der Waals surface area contributed by atoms with Gasteiger partial charge in [0.15, 0.2) is 5.11 Å². The second-order valence-electron chi connectivity index (χ2n) is 4.12. The molecule has 1 aromatic heterocycles. The number of hydrogen-bond donors (Lipinski definition) is 2. The fraction of sp³-hybridized carbons (Fsp3) is 0.0714. The number of pyridine rings is 1. The van der Waals surface area contributed by atoms with Crippen molar-refractivity contribution < 1.29 is 13.2 Å². The maximum absolute atomic E-state index is 12.8. The van der Waals surface area contributed by atoms with Crippen molar-refractivity contribution in [1.29, 1.82) is 0 Å². The molecular weight excluding hydrogens is 313 g/mol. The van der Waals surface area contributed by atoms with Crippen molar-refractivity contribution in [3.63, 3.8) is 0 Å². The molecule has 0 aliphatic carbocycles. The van der Waals surface area contributed by atoms with Crippen LogP contribution in [0.2, 0.25) is 0 Å². The van der Waals surface area contributed by atoms with Crippen molar-refractivity contribution in [3.8, 4) is 0 Å². The molecule has 0 spiro atoms. The molecule has 0 saturated heterocycles. The zero-order valence-electron chi connectivity index (χ0n) is 11.1. The number of hydrazone groups is 1. The lowest BCUT2D eigenvalue weighted by atomic mass is 10.2. The molecule has 0 bridgehead atoms.